The van der Waals surface area contributed by atoms with Gasteiger partial charge in [0, 0.05) is 6.04 Å². The normalized spacial score (nSPS) is 34.9. The van der Waals surface area contributed by atoms with Gasteiger partial charge in [0.1, 0.15) is 0 Å². The number of rotatable bonds is 3. The number of hydrogen-bond donors (Lipinski definition) is 1. The summed E-state index contributed by atoms with van der Waals surface area (Å²) in [7, 11) is 0. The fourth-order valence-electron chi connectivity index (χ4n) is 2.83. The molecule has 2 fully saturated rings. The number of nitrogens with two attached hydrogens (primary N) is 1. The van der Waals surface area contributed by atoms with Gasteiger partial charge in [-0.3, -0.25) is 0 Å². The molecule has 0 bridgehead atoms. The summed E-state index contributed by atoms with van der Waals surface area (Å²) in [6.07, 6.45) is 5.46. The first-order valence-corrected chi connectivity index (χ1v) is 7.09. The van der Waals surface area contributed by atoms with E-state index in [1.807, 2.05) is 0 Å². The van der Waals surface area contributed by atoms with E-state index in [1.54, 1.807) is 0 Å². The molecule has 3 heteroatoms. The van der Waals surface area contributed by atoms with Crippen LogP contribution in [0.1, 0.15) is 25.7 Å². The van der Waals surface area contributed by atoms with Gasteiger partial charge < -0.3 is 10.6 Å². The number of thioether (sulfide) groups is 1. The predicted molar refractivity (Wildman–Crippen MR) is 63.7 cm³/mol. The third-order valence-corrected chi connectivity index (χ3v) is 4.77. The molecular formula is C11H22N2S. The predicted octanol–water partition coefficient (Wildman–Crippen LogP) is 1.55. The Morgan fingerprint density at radius 3 is 2.79 bits per heavy atom. The lowest BCUT2D eigenvalue weighted by atomic mass is 9.94. The average molecular weight is 214 g/mol. The van der Waals surface area contributed by atoms with Gasteiger partial charge in [0.05, 0.1) is 0 Å². The second-order valence-corrected chi connectivity index (χ2v) is 5.66. The first kappa shape index (κ1) is 10.8. The number of likely N-dealkylation sites (tertiary alicyclic amines) is 1. The minimum Gasteiger partial charge on any atom is -0.330 e. The first-order chi connectivity index (χ1) is 6.92. The van der Waals surface area contributed by atoms with Gasteiger partial charge in [-0.25, -0.2) is 0 Å². The minimum absolute atomic E-state index is 0.863. The Kier molecular flexibility index (Phi) is 4.14. The molecule has 0 spiro atoms. The summed E-state index contributed by atoms with van der Waals surface area (Å²) in [5.41, 5.74) is 5.69. The van der Waals surface area contributed by atoms with Crippen LogP contribution >= 0.6 is 11.8 Å². The fraction of sp³-hybridized carbons (Fsp3) is 1.00. The van der Waals surface area contributed by atoms with Crippen LogP contribution in [0.5, 0.6) is 0 Å². The van der Waals surface area contributed by atoms with Gasteiger partial charge in [0.2, 0.25) is 0 Å². The van der Waals surface area contributed by atoms with Crippen LogP contribution in [-0.4, -0.2) is 42.1 Å². The third kappa shape index (κ3) is 2.44. The van der Waals surface area contributed by atoms with Crippen LogP contribution in [0.15, 0.2) is 0 Å². The van der Waals surface area contributed by atoms with Crippen molar-refractivity contribution in [3.05, 3.63) is 0 Å². The average Bonchev–Trinajstić information content (AvgIpc) is 2.72. The van der Waals surface area contributed by atoms with Crippen molar-refractivity contribution in [1.29, 1.82) is 0 Å². The number of nitrogens with zero attached hydrogens (tertiary/aromatic N) is 1. The monoisotopic (exact) mass is 214 g/mol. The van der Waals surface area contributed by atoms with E-state index in [0.717, 1.165) is 18.5 Å². The Bertz CT molecular complexity index is 167. The highest BCUT2D eigenvalue weighted by Crippen LogP contribution is 2.31. The zero-order valence-electron chi connectivity index (χ0n) is 8.95. The van der Waals surface area contributed by atoms with Gasteiger partial charge in [-0.2, -0.15) is 11.8 Å². The van der Waals surface area contributed by atoms with Gasteiger partial charge in [-0.15, -0.1) is 0 Å². The summed E-state index contributed by atoms with van der Waals surface area (Å²) in [5, 5.41) is 0. The Morgan fingerprint density at radius 2 is 2.07 bits per heavy atom. The molecule has 2 rings (SSSR count). The maximum atomic E-state index is 5.69. The van der Waals surface area contributed by atoms with Crippen LogP contribution in [0.25, 0.3) is 0 Å². The van der Waals surface area contributed by atoms with Crippen molar-refractivity contribution in [3.63, 3.8) is 0 Å². The lowest BCUT2D eigenvalue weighted by molar-refractivity contribution is 0.172. The molecule has 2 aliphatic heterocycles. The van der Waals surface area contributed by atoms with Crippen LogP contribution < -0.4 is 5.73 Å². The molecule has 0 aromatic rings. The van der Waals surface area contributed by atoms with Gasteiger partial charge in [0.25, 0.3) is 0 Å². The third-order valence-electron chi connectivity index (χ3n) is 3.58. The molecule has 2 aliphatic rings. The van der Waals surface area contributed by atoms with E-state index in [4.69, 9.17) is 5.73 Å². The molecule has 2 heterocycles. The second-order valence-electron chi connectivity index (χ2n) is 4.51. The van der Waals surface area contributed by atoms with Crippen molar-refractivity contribution in [2.24, 2.45) is 11.7 Å². The maximum Gasteiger partial charge on any atom is 0.0140 e. The molecule has 82 valence electrons. The molecule has 0 aromatic carbocycles. The van der Waals surface area contributed by atoms with E-state index in [2.05, 4.69) is 16.7 Å². The second kappa shape index (κ2) is 5.38. The highest BCUT2D eigenvalue weighted by molar-refractivity contribution is 7.99. The van der Waals surface area contributed by atoms with Crippen LogP contribution in [0, 0.1) is 5.92 Å². The molecule has 0 aliphatic carbocycles. The standard InChI is InChI=1S/C11H22N2S/c12-5-3-10-9-14-8-4-11(10)13-6-1-2-7-13/h10-11H,1-9,12H2. The Hall–Kier alpha value is 0.270. The van der Waals surface area contributed by atoms with Crippen molar-refractivity contribution in [2.75, 3.05) is 31.1 Å². The first-order valence-electron chi connectivity index (χ1n) is 5.93. The molecule has 2 saturated heterocycles. The molecule has 14 heavy (non-hydrogen) atoms. The molecule has 0 amide bonds. The van der Waals surface area contributed by atoms with Crippen molar-refractivity contribution in [3.8, 4) is 0 Å². The Morgan fingerprint density at radius 1 is 1.29 bits per heavy atom. The van der Waals surface area contributed by atoms with Crippen LogP contribution in [-0.2, 0) is 0 Å². The summed E-state index contributed by atoms with van der Waals surface area (Å²) < 4.78 is 0. The van der Waals surface area contributed by atoms with E-state index in [0.29, 0.717) is 0 Å². The Balaban J connectivity index is 1.91. The highest BCUT2D eigenvalue weighted by atomic mass is 32.2. The summed E-state index contributed by atoms with van der Waals surface area (Å²) >= 11 is 2.12. The molecule has 2 atom stereocenters. The van der Waals surface area contributed by atoms with Gasteiger partial charge in [-0.1, -0.05) is 0 Å². The largest absolute Gasteiger partial charge is 0.330 e. The quantitative estimate of drug-likeness (QED) is 0.773. The molecule has 0 saturated carbocycles. The van der Waals surface area contributed by atoms with Crippen molar-refractivity contribution >= 4 is 11.8 Å². The summed E-state index contributed by atoms with van der Waals surface area (Å²) in [6, 6.07) is 0.863. The van der Waals surface area contributed by atoms with E-state index in [9.17, 15) is 0 Å². The van der Waals surface area contributed by atoms with E-state index in [1.165, 1.54) is 50.3 Å². The summed E-state index contributed by atoms with van der Waals surface area (Å²) in [4.78, 5) is 2.72. The molecule has 0 radical (unpaired) electrons. The topological polar surface area (TPSA) is 29.3 Å². The smallest absolute Gasteiger partial charge is 0.0140 e. The van der Waals surface area contributed by atoms with Crippen LogP contribution in [0.3, 0.4) is 0 Å². The lowest BCUT2D eigenvalue weighted by Gasteiger charge is -2.37. The molecule has 0 aromatic heterocycles. The molecule has 2 N–H and O–H groups in total. The minimum atomic E-state index is 0.863. The molecular weight excluding hydrogens is 192 g/mol. The maximum absolute atomic E-state index is 5.69. The molecule has 2 nitrogen and oxygen atoms in total. The zero-order chi connectivity index (χ0) is 9.80. The van der Waals surface area contributed by atoms with Crippen molar-refractivity contribution in [2.45, 2.75) is 31.7 Å². The SMILES string of the molecule is NCCC1CSCCC1N1CCCC1. The van der Waals surface area contributed by atoms with Gasteiger partial charge >= 0.3 is 0 Å². The van der Waals surface area contributed by atoms with Gasteiger partial charge in [-0.05, 0) is 62.7 Å². The summed E-state index contributed by atoms with van der Waals surface area (Å²) in [5.74, 6) is 3.58. The van der Waals surface area contributed by atoms with Crippen LogP contribution in [0.2, 0.25) is 0 Å². The fourth-order valence-corrected chi connectivity index (χ4v) is 4.10. The van der Waals surface area contributed by atoms with Crippen molar-refractivity contribution < 1.29 is 0 Å². The van der Waals surface area contributed by atoms with E-state index >= 15 is 0 Å². The van der Waals surface area contributed by atoms with E-state index < -0.39 is 0 Å². The zero-order valence-corrected chi connectivity index (χ0v) is 9.77. The molecule has 2 unspecified atom stereocenters. The van der Waals surface area contributed by atoms with Gasteiger partial charge in [0.15, 0.2) is 0 Å². The number of hydrogen-bond acceptors (Lipinski definition) is 3. The van der Waals surface area contributed by atoms with Crippen LogP contribution in [0.4, 0.5) is 0 Å². The van der Waals surface area contributed by atoms with E-state index in [-0.39, 0.29) is 0 Å². The highest BCUT2D eigenvalue weighted by Gasteiger charge is 2.30. The Labute approximate surface area is 91.6 Å². The summed E-state index contributed by atoms with van der Waals surface area (Å²) in [6.45, 7) is 3.56. The lowest BCUT2D eigenvalue weighted by Crippen LogP contribution is -2.43. The van der Waals surface area contributed by atoms with Crippen molar-refractivity contribution in [1.82, 2.24) is 4.90 Å².